The molecule has 0 saturated heterocycles. The van der Waals surface area contributed by atoms with Crippen molar-refractivity contribution in [3.05, 3.63) is 30.3 Å². The lowest BCUT2D eigenvalue weighted by Gasteiger charge is -2.07. The van der Waals surface area contributed by atoms with Crippen molar-refractivity contribution in [3.8, 4) is 5.75 Å². The zero-order valence-corrected chi connectivity index (χ0v) is 10.3. The predicted octanol–water partition coefficient (Wildman–Crippen LogP) is 0.581. The second kappa shape index (κ2) is 9.44. The minimum atomic E-state index is -0.178. The summed E-state index contributed by atoms with van der Waals surface area (Å²) >= 11 is 0. The topological polar surface area (TPSA) is 67.8 Å². The first kappa shape index (κ1) is 14.5. The highest BCUT2D eigenvalue weighted by atomic mass is 16.5. The number of nitrogens with one attached hydrogen (secondary N) is 1. The van der Waals surface area contributed by atoms with Crippen molar-refractivity contribution < 1.29 is 19.4 Å². The number of hydrogen-bond acceptors (Lipinski definition) is 4. The first-order valence-corrected chi connectivity index (χ1v) is 5.96. The second-order valence-electron chi connectivity index (χ2n) is 3.64. The Kier molecular flexibility index (Phi) is 7.59. The summed E-state index contributed by atoms with van der Waals surface area (Å²) in [5.41, 5.74) is 0. The van der Waals surface area contributed by atoms with E-state index >= 15 is 0 Å². The van der Waals surface area contributed by atoms with Crippen LogP contribution in [0.5, 0.6) is 5.75 Å². The summed E-state index contributed by atoms with van der Waals surface area (Å²) in [5.74, 6) is 0.608. The monoisotopic (exact) mass is 253 g/mol. The van der Waals surface area contributed by atoms with E-state index in [1.54, 1.807) is 0 Å². The quantitative estimate of drug-likeness (QED) is 0.632. The van der Waals surface area contributed by atoms with E-state index in [0.29, 0.717) is 26.2 Å². The lowest BCUT2D eigenvalue weighted by molar-refractivity contribution is -0.125. The molecule has 1 aromatic carbocycles. The number of para-hydroxylation sites is 1. The Bertz CT molecular complexity index is 329. The molecule has 0 aromatic heterocycles. The normalized spacial score (nSPS) is 10.1. The predicted molar refractivity (Wildman–Crippen MR) is 67.5 cm³/mol. The number of aliphatic hydroxyl groups is 1. The molecule has 0 saturated carbocycles. The highest BCUT2D eigenvalue weighted by Gasteiger charge is 2.00. The lowest BCUT2D eigenvalue weighted by Crippen LogP contribution is -2.29. The molecule has 0 bridgehead atoms. The molecule has 18 heavy (non-hydrogen) atoms. The molecule has 0 atom stereocenters. The number of rotatable bonds is 9. The lowest BCUT2D eigenvalue weighted by atomic mass is 10.3. The molecule has 2 N–H and O–H groups in total. The molecule has 0 aliphatic carbocycles. The third-order valence-corrected chi connectivity index (χ3v) is 2.13. The maximum absolute atomic E-state index is 11.2. The van der Waals surface area contributed by atoms with Gasteiger partial charge in [0, 0.05) is 13.2 Å². The smallest absolute Gasteiger partial charge is 0.246 e. The molecule has 1 aromatic rings. The van der Waals surface area contributed by atoms with Crippen LogP contribution in [0.25, 0.3) is 0 Å². The summed E-state index contributed by atoms with van der Waals surface area (Å²) in [6, 6.07) is 9.43. The average Bonchev–Trinajstić information content (AvgIpc) is 2.40. The molecular weight excluding hydrogens is 234 g/mol. The molecule has 0 unspecified atom stereocenters. The van der Waals surface area contributed by atoms with Crippen molar-refractivity contribution in [2.45, 2.75) is 6.42 Å². The number of amides is 1. The summed E-state index contributed by atoms with van der Waals surface area (Å²) in [5, 5.41) is 11.2. The van der Waals surface area contributed by atoms with Crippen molar-refractivity contribution in [2.75, 3.05) is 33.0 Å². The van der Waals surface area contributed by atoms with Crippen LogP contribution in [0.15, 0.2) is 30.3 Å². The average molecular weight is 253 g/mol. The first-order chi connectivity index (χ1) is 8.83. The van der Waals surface area contributed by atoms with Gasteiger partial charge in [-0.2, -0.15) is 0 Å². The van der Waals surface area contributed by atoms with Gasteiger partial charge in [0.05, 0.1) is 6.61 Å². The molecule has 0 fully saturated rings. The van der Waals surface area contributed by atoms with Gasteiger partial charge in [0.1, 0.15) is 19.0 Å². The Morgan fingerprint density at radius 1 is 1.22 bits per heavy atom. The van der Waals surface area contributed by atoms with Crippen LogP contribution in [-0.4, -0.2) is 44.0 Å². The largest absolute Gasteiger partial charge is 0.491 e. The SMILES string of the molecule is O=C(COCCOc1ccccc1)NCCCO. The second-order valence-corrected chi connectivity index (χ2v) is 3.64. The van der Waals surface area contributed by atoms with E-state index in [0.717, 1.165) is 5.75 Å². The number of carbonyl (C=O) groups is 1. The number of hydrogen-bond donors (Lipinski definition) is 2. The first-order valence-electron chi connectivity index (χ1n) is 5.96. The third-order valence-electron chi connectivity index (χ3n) is 2.13. The Labute approximate surface area is 107 Å². The Morgan fingerprint density at radius 3 is 2.72 bits per heavy atom. The maximum Gasteiger partial charge on any atom is 0.246 e. The molecule has 0 aliphatic heterocycles. The zero-order valence-electron chi connectivity index (χ0n) is 10.3. The number of ether oxygens (including phenoxy) is 2. The maximum atomic E-state index is 11.2. The van der Waals surface area contributed by atoms with Crippen LogP contribution in [-0.2, 0) is 9.53 Å². The Balaban J connectivity index is 1.97. The highest BCUT2D eigenvalue weighted by Crippen LogP contribution is 2.07. The molecule has 0 radical (unpaired) electrons. The van der Waals surface area contributed by atoms with Crippen LogP contribution in [0, 0.1) is 0 Å². The van der Waals surface area contributed by atoms with Crippen LogP contribution in [0.4, 0.5) is 0 Å². The van der Waals surface area contributed by atoms with Gasteiger partial charge in [0.15, 0.2) is 0 Å². The van der Waals surface area contributed by atoms with Gasteiger partial charge in [-0.05, 0) is 18.6 Å². The number of benzene rings is 1. The summed E-state index contributed by atoms with van der Waals surface area (Å²) in [4.78, 5) is 11.2. The standard InChI is InChI=1S/C13H19NO4/c15-8-4-7-14-13(16)11-17-9-10-18-12-5-2-1-3-6-12/h1-3,5-6,15H,4,7-11H2,(H,14,16). The summed E-state index contributed by atoms with van der Waals surface area (Å²) in [6.45, 7) is 1.34. The summed E-state index contributed by atoms with van der Waals surface area (Å²) < 4.78 is 10.5. The van der Waals surface area contributed by atoms with Crippen LogP contribution in [0.3, 0.4) is 0 Å². The van der Waals surface area contributed by atoms with Crippen molar-refractivity contribution in [3.63, 3.8) is 0 Å². The van der Waals surface area contributed by atoms with Crippen molar-refractivity contribution in [2.24, 2.45) is 0 Å². The van der Waals surface area contributed by atoms with Crippen LogP contribution < -0.4 is 10.1 Å². The molecule has 5 nitrogen and oxygen atoms in total. The van der Waals surface area contributed by atoms with E-state index in [2.05, 4.69) is 5.32 Å². The van der Waals surface area contributed by atoms with E-state index in [-0.39, 0.29) is 19.1 Å². The number of carbonyl (C=O) groups excluding carboxylic acids is 1. The summed E-state index contributed by atoms with van der Waals surface area (Å²) in [6.07, 6.45) is 0.558. The molecule has 1 rings (SSSR count). The van der Waals surface area contributed by atoms with E-state index in [1.165, 1.54) is 0 Å². The fourth-order valence-electron chi connectivity index (χ4n) is 1.26. The number of aliphatic hydroxyl groups excluding tert-OH is 1. The minimum absolute atomic E-state index is 0.0174. The molecule has 0 heterocycles. The van der Waals surface area contributed by atoms with Crippen LogP contribution in [0.2, 0.25) is 0 Å². The van der Waals surface area contributed by atoms with Gasteiger partial charge < -0.3 is 19.9 Å². The molecule has 100 valence electrons. The molecule has 1 amide bonds. The molecule has 5 heteroatoms. The van der Waals surface area contributed by atoms with Gasteiger partial charge in [-0.3, -0.25) is 4.79 Å². The minimum Gasteiger partial charge on any atom is -0.491 e. The van der Waals surface area contributed by atoms with Crippen molar-refractivity contribution >= 4 is 5.91 Å². The van der Waals surface area contributed by atoms with Gasteiger partial charge in [0.2, 0.25) is 5.91 Å². The van der Waals surface area contributed by atoms with Crippen LogP contribution in [0.1, 0.15) is 6.42 Å². The van der Waals surface area contributed by atoms with E-state index in [4.69, 9.17) is 14.6 Å². The van der Waals surface area contributed by atoms with Gasteiger partial charge in [-0.25, -0.2) is 0 Å². The Morgan fingerprint density at radius 2 is 2.00 bits per heavy atom. The third kappa shape index (κ3) is 6.88. The molecule has 0 spiro atoms. The van der Waals surface area contributed by atoms with Gasteiger partial charge >= 0.3 is 0 Å². The van der Waals surface area contributed by atoms with E-state index in [1.807, 2.05) is 30.3 Å². The van der Waals surface area contributed by atoms with Gasteiger partial charge in [0.25, 0.3) is 0 Å². The van der Waals surface area contributed by atoms with Gasteiger partial charge in [-0.15, -0.1) is 0 Å². The highest BCUT2D eigenvalue weighted by molar-refractivity contribution is 5.77. The van der Waals surface area contributed by atoms with Crippen molar-refractivity contribution in [1.82, 2.24) is 5.32 Å². The molecular formula is C13H19NO4. The van der Waals surface area contributed by atoms with E-state index in [9.17, 15) is 4.79 Å². The van der Waals surface area contributed by atoms with Gasteiger partial charge in [-0.1, -0.05) is 18.2 Å². The van der Waals surface area contributed by atoms with E-state index < -0.39 is 0 Å². The van der Waals surface area contributed by atoms with Crippen LogP contribution >= 0.6 is 0 Å². The summed E-state index contributed by atoms with van der Waals surface area (Å²) in [7, 11) is 0. The molecule has 0 aliphatic rings. The fourth-order valence-corrected chi connectivity index (χ4v) is 1.26. The zero-order chi connectivity index (χ0) is 13.1. The fraction of sp³-hybridized carbons (Fsp3) is 0.462. The van der Waals surface area contributed by atoms with Crippen molar-refractivity contribution in [1.29, 1.82) is 0 Å². The Hall–Kier alpha value is -1.59.